The second-order valence-electron chi connectivity index (χ2n) is 2.68. The lowest BCUT2D eigenvalue weighted by Gasteiger charge is -2.04. The van der Waals surface area contributed by atoms with Gasteiger partial charge in [0, 0.05) is 16.5 Å². The molecule has 0 aliphatic carbocycles. The zero-order valence-electron chi connectivity index (χ0n) is 8.03. The topological polar surface area (TPSA) is 46.5 Å². The summed E-state index contributed by atoms with van der Waals surface area (Å²) in [6, 6.07) is 6.75. The van der Waals surface area contributed by atoms with Gasteiger partial charge in [0.25, 0.3) is 0 Å². The first-order chi connectivity index (χ1) is 7.15. The average Bonchev–Trinajstić information content (AvgIpc) is 2.26. The molecular formula is C11H9ClO3. The molecule has 0 aliphatic rings. The highest BCUT2D eigenvalue weighted by Crippen LogP contribution is 2.21. The van der Waals surface area contributed by atoms with Crippen molar-refractivity contribution < 1.29 is 14.6 Å². The summed E-state index contributed by atoms with van der Waals surface area (Å²) in [5.41, 5.74) is 0.468. The van der Waals surface area contributed by atoms with Gasteiger partial charge in [-0.1, -0.05) is 35.7 Å². The smallest absolute Gasteiger partial charge is 0.384 e. The molecule has 0 aliphatic heterocycles. The summed E-state index contributed by atoms with van der Waals surface area (Å²) >= 11 is 5.82. The molecule has 0 radical (unpaired) electrons. The number of hydrogen-bond acceptors (Lipinski definition) is 3. The third kappa shape index (κ3) is 3.28. The van der Waals surface area contributed by atoms with Crippen molar-refractivity contribution in [3.05, 3.63) is 34.9 Å². The van der Waals surface area contributed by atoms with Crippen LogP contribution in [-0.4, -0.2) is 18.2 Å². The molecule has 0 bridgehead atoms. The molecular weight excluding hydrogens is 216 g/mol. The number of methoxy groups -OCH3 is 1. The largest absolute Gasteiger partial charge is 0.459 e. The van der Waals surface area contributed by atoms with Crippen LogP contribution >= 0.6 is 11.6 Å². The highest BCUT2D eigenvalue weighted by atomic mass is 35.5. The Kier molecular flexibility index (Phi) is 4.17. The Balaban J connectivity index is 2.85. The molecule has 1 aromatic rings. The van der Waals surface area contributed by atoms with Gasteiger partial charge in [0.05, 0.1) is 7.11 Å². The van der Waals surface area contributed by atoms with E-state index >= 15 is 0 Å². The van der Waals surface area contributed by atoms with Crippen LogP contribution in [0.4, 0.5) is 0 Å². The molecule has 1 aromatic carbocycles. The molecule has 0 aromatic heterocycles. The number of hydrogen-bond donors (Lipinski definition) is 1. The second kappa shape index (κ2) is 5.40. The van der Waals surface area contributed by atoms with Gasteiger partial charge < -0.3 is 9.84 Å². The molecule has 0 saturated heterocycles. The molecule has 1 rings (SSSR count). The highest BCUT2D eigenvalue weighted by Gasteiger charge is 2.07. The average molecular weight is 225 g/mol. The Morgan fingerprint density at radius 2 is 2.20 bits per heavy atom. The second-order valence-corrected chi connectivity index (χ2v) is 3.09. The van der Waals surface area contributed by atoms with Crippen molar-refractivity contribution in [1.82, 2.24) is 0 Å². The first-order valence-electron chi connectivity index (χ1n) is 4.17. The Hall–Kier alpha value is -1.50. The molecule has 0 heterocycles. The van der Waals surface area contributed by atoms with Gasteiger partial charge in [0.2, 0.25) is 0 Å². The van der Waals surface area contributed by atoms with Gasteiger partial charge in [-0.05, 0) is 6.07 Å². The van der Waals surface area contributed by atoms with Crippen LogP contribution in [-0.2, 0) is 9.53 Å². The third-order valence-electron chi connectivity index (χ3n) is 1.70. The molecule has 0 amide bonds. The van der Waals surface area contributed by atoms with Crippen molar-refractivity contribution in [2.45, 2.75) is 6.10 Å². The van der Waals surface area contributed by atoms with Crippen molar-refractivity contribution in [2.24, 2.45) is 0 Å². The monoisotopic (exact) mass is 224 g/mol. The van der Waals surface area contributed by atoms with Gasteiger partial charge in [-0.3, -0.25) is 0 Å². The first kappa shape index (κ1) is 11.6. The van der Waals surface area contributed by atoms with Gasteiger partial charge in [-0.15, -0.1) is 0 Å². The lowest BCUT2D eigenvalue weighted by molar-refractivity contribution is -0.133. The van der Waals surface area contributed by atoms with E-state index < -0.39 is 12.1 Å². The molecule has 1 atom stereocenters. The zero-order chi connectivity index (χ0) is 11.3. The SMILES string of the molecule is COC(=O)C#C[C@@H](O)c1ccccc1Cl. The van der Waals surface area contributed by atoms with Crippen molar-refractivity contribution in [3.8, 4) is 11.8 Å². The number of carbonyl (C=O) groups excluding carboxylic acids is 1. The van der Waals surface area contributed by atoms with Gasteiger partial charge in [-0.2, -0.15) is 0 Å². The predicted octanol–water partition coefficient (Wildman–Crippen LogP) is 1.55. The van der Waals surface area contributed by atoms with Crippen LogP contribution in [0.15, 0.2) is 24.3 Å². The zero-order valence-corrected chi connectivity index (χ0v) is 8.78. The van der Waals surface area contributed by atoms with Crippen molar-refractivity contribution >= 4 is 17.6 Å². The van der Waals surface area contributed by atoms with E-state index in [2.05, 4.69) is 16.6 Å². The quantitative estimate of drug-likeness (QED) is 0.447. The van der Waals surface area contributed by atoms with E-state index in [1.54, 1.807) is 24.3 Å². The van der Waals surface area contributed by atoms with E-state index in [4.69, 9.17) is 11.6 Å². The normalized spacial score (nSPS) is 11.1. The first-order valence-corrected chi connectivity index (χ1v) is 4.55. The number of carbonyl (C=O) groups is 1. The number of benzene rings is 1. The van der Waals surface area contributed by atoms with Crippen LogP contribution in [0.5, 0.6) is 0 Å². The van der Waals surface area contributed by atoms with Crippen LogP contribution < -0.4 is 0 Å². The minimum Gasteiger partial charge on any atom is -0.459 e. The van der Waals surface area contributed by atoms with Gasteiger partial charge >= 0.3 is 5.97 Å². The van der Waals surface area contributed by atoms with Crippen LogP contribution in [0.2, 0.25) is 5.02 Å². The maximum atomic E-state index is 10.7. The third-order valence-corrected chi connectivity index (χ3v) is 2.04. The standard InChI is InChI=1S/C11H9ClO3/c1-15-11(14)7-6-10(13)8-4-2-3-5-9(8)12/h2-5,10,13H,1H3/t10-/m1/s1. The molecule has 1 N–H and O–H groups in total. The fourth-order valence-electron chi connectivity index (χ4n) is 0.953. The van der Waals surface area contributed by atoms with E-state index in [1.165, 1.54) is 7.11 Å². The Morgan fingerprint density at radius 1 is 1.53 bits per heavy atom. The van der Waals surface area contributed by atoms with E-state index in [0.717, 1.165) is 0 Å². The lowest BCUT2D eigenvalue weighted by atomic mass is 10.1. The Bertz CT molecular complexity index is 417. The van der Waals surface area contributed by atoms with Crippen molar-refractivity contribution in [1.29, 1.82) is 0 Å². The Morgan fingerprint density at radius 3 is 2.80 bits per heavy atom. The van der Waals surface area contributed by atoms with Gasteiger partial charge in [-0.25, -0.2) is 4.79 Å². The molecule has 0 saturated carbocycles. The summed E-state index contributed by atoms with van der Waals surface area (Å²) in [5, 5.41) is 9.99. The van der Waals surface area contributed by atoms with Gasteiger partial charge in [0.1, 0.15) is 6.10 Å². The van der Waals surface area contributed by atoms with Crippen LogP contribution in [0, 0.1) is 11.8 Å². The molecule has 0 fully saturated rings. The maximum absolute atomic E-state index is 10.7. The number of halogens is 1. The maximum Gasteiger partial charge on any atom is 0.384 e. The van der Waals surface area contributed by atoms with Gasteiger partial charge in [0.15, 0.2) is 0 Å². The molecule has 15 heavy (non-hydrogen) atoms. The molecule has 0 unspecified atom stereocenters. The number of rotatable bonds is 1. The fourth-order valence-corrected chi connectivity index (χ4v) is 1.19. The minimum absolute atomic E-state index is 0.407. The summed E-state index contributed by atoms with van der Waals surface area (Å²) < 4.78 is 4.31. The lowest BCUT2D eigenvalue weighted by Crippen LogP contribution is -1.98. The highest BCUT2D eigenvalue weighted by molar-refractivity contribution is 6.31. The van der Waals surface area contributed by atoms with E-state index in [9.17, 15) is 9.90 Å². The summed E-state index contributed by atoms with van der Waals surface area (Å²) in [7, 11) is 1.22. The number of esters is 1. The summed E-state index contributed by atoms with van der Waals surface area (Å²) in [6.45, 7) is 0. The van der Waals surface area contributed by atoms with Crippen LogP contribution in [0.1, 0.15) is 11.7 Å². The summed E-state index contributed by atoms with van der Waals surface area (Å²) in [5.74, 6) is 3.78. The molecule has 78 valence electrons. The molecule has 0 spiro atoms. The number of aliphatic hydroxyl groups excluding tert-OH is 1. The molecule has 4 heteroatoms. The number of aliphatic hydroxyl groups is 1. The summed E-state index contributed by atoms with van der Waals surface area (Å²) in [4.78, 5) is 10.7. The Labute approximate surface area is 92.6 Å². The number of ether oxygens (including phenoxy) is 1. The minimum atomic E-state index is -1.09. The fraction of sp³-hybridized carbons (Fsp3) is 0.182. The van der Waals surface area contributed by atoms with E-state index in [1.807, 2.05) is 0 Å². The molecule has 3 nitrogen and oxygen atoms in total. The van der Waals surface area contributed by atoms with Crippen molar-refractivity contribution in [2.75, 3.05) is 7.11 Å². The van der Waals surface area contributed by atoms with E-state index in [-0.39, 0.29) is 0 Å². The van der Waals surface area contributed by atoms with E-state index in [0.29, 0.717) is 10.6 Å². The van der Waals surface area contributed by atoms with Crippen molar-refractivity contribution in [3.63, 3.8) is 0 Å². The van der Waals surface area contributed by atoms with Crippen LogP contribution in [0.3, 0.4) is 0 Å². The van der Waals surface area contributed by atoms with Crippen LogP contribution in [0.25, 0.3) is 0 Å². The summed E-state index contributed by atoms with van der Waals surface area (Å²) in [6.07, 6.45) is -1.09. The predicted molar refractivity (Wildman–Crippen MR) is 56.2 cm³/mol.